The molecule has 0 fully saturated rings. The van der Waals surface area contributed by atoms with Gasteiger partial charge in [0, 0.05) is 96.2 Å². The van der Waals surface area contributed by atoms with Gasteiger partial charge >= 0.3 is 0 Å². The molecule has 9 aliphatic carbocycles. The van der Waals surface area contributed by atoms with Crippen molar-refractivity contribution in [1.29, 1.82) is 0 Å². The van der Waals surface area contributed by atoms with E-state index in [-0.39, 0.29) is 12.2 Å². The second-order valence-electron chi connectivity index (χ2n) is 35.5. The molecule has 0 saturated carbocycles. The normalized spacial score (nSPS) is 18.3. The summed E-state index contributed by atoms with van der Waals surface area (Å²) in [6.07, 6.45) is 20.6. The maximum atomic E-state index is 5.86. The lowest BCUT2D eigenvalue weighted by atomic mass is 9.83. The van der Waals surface area contributed by atoms with Crippen molar-refractivity contribution in [3.63, 3.8) is 0 Å². The molecule has 0 heterocycles. The highest BCUT2D eigenvalue weighted by molar-refractivity contribution is 5.92. The molecule has 0 N–H and O–H groups in total. The molecule has 0 spiro atoms. The molecule has 7 atom stereocenters. The van der Waals surface area contributed by atoms with E-state index in [4.69, 9.17) is 42.6 Å². The van der Waals surface area contributed by atoms with Crippen molar-refractivity contribution in [2.24, 2.45) is 5.92 Å². The summed E-state index contributed by atoms with van der Waals surface area (Å²) in [6, 6.07) is 104. The predicted octanol–water partition coefficient (Wildman–Crippen LogP) is 29.0. The number of fused-ring (bicyclic) bond motifs is 11. The van der Waals surface area contributed by atoms with Crippen LogP contribution in [0, 0.1) is 5.92 Å². The van der Waals surface area contributed by atoms with Crippen LogP contribution in [0.4, 0.5) is 0 Å². The van der Waals surface area contributed by atoms with Crippen LogP contribution in [0.1, 0.15) is 249 Å². The SMILES string of the molecule is CCOC1CCCc2ccccc21.CCOC1CCc2ccccc2C1.CCOC1Cc2cccc3cccc1c23.CCOC1c2ccccc2-c2ccccc21.CCOCC1CCCc2ccccc21.CCOCC1CCc2ccccc21.CCOCC1CCc2ccccc2C1.CCOCC1Cc2cccc3cccc1c23.CCOCC1c2ccccc2-c2ccccc21. The molecule has 9 heteroatoms. The lowest BCUT2D eigenvalue weighted by Gasteiger charge is -2.25. The largest absolute Gasteiger partial charge is 0.381 e. The molecule has 686 valence electrons. The van der Waals surface area contributed by atoms with Gasteiger partial charge in [0.1, 0.15) is 6.10 Å². The van der Waals surface area contributed by atoms with Crippen molar-refractivity contribution in [3.8, 4) is 22.3 Å². The van der Waals surface area contributed by atoms with E-state index >= 15 is 0 Å². The molecule has 0 aliphatic heterocycles. The highest BCUT2D eigenvalue weighted by Crippen LogP contribution is 2.48. The first-order valence-electron chi connectivity index (χ1n) is 49.8. The smallest absolute Gasteiger partial charge is 0.109 e. The van der Waals surface area contributed by atoms with Crippen molar-refractivity contribution in [2.75, 3.05) is 92.5 Å². The van der Waals surface area contributed by atoms with E-state index in [2.05, 4.69) is 340 Å². The first-order valence-corrected chi connectivity index (χ1v) is 49.8. The number of ether oxygens (including phenoxy) is 9. The van der Waals surface area contributed by atoms with Gasteiger partial charge in [0.15, 0.2) is 0 Å². The van der Waals surface area contributed by atoms with Gasteiger partial charge in [-0.15, -0.1) is 0 Å². The van der Waals surface area contributed by atoms with E-state index in [1.807, 2.05) is 13.8 Å². The summed E-state index contributed by atoms with van der Waals surface area (Å²) in [6.45, 7) is 30.2. The predicted molar refractivity (Wildman–Crippen MR) is 543 cm³/mol. The molecular formula is C122H144O9. The van der Waals surface area contributed by atoms with Crippen molar-refractivity contribution >= 4 is 21.5 Å². The van der Waals surface area contributed by atoms with Gasteiger partial charge in [-0.1, -0.05) is 291 Å². The van der Waals surface area contributed by atoms with Crippen LogP contribution < -0.4 is 0 Å². The average Bonchev–Trinajstić information content (AvgIpc) is 1.62. The Balaban J connectivity index is 0.000000119. The molecule has 22 rings (SSSR count). The number of hydrogen-bond donors (Lipinski definition) is 0. The maximum absolute atomic E-state index is 5.86. The van der Waals surface area contributed by atoms with E-state index < -0.39 is 0 Å². The Labute approximate surface area is 784 Å². The van der Waals surface area contributed by atoms with Gasteiger partial charge in [-0.25, -0.2) is 0 Å². The fraction of sp³-hybridized carbons (Fsp3) is 0.393. The first kappa shape index (κ1) is 97.1. The minimum absolute atomic E-state index is 0.123. The summed E-state index contributed by atoms with van der Waals surface area (Å²) >= 11 is 0. The van der Waals surface area contributed by atoms with Crippen LogP contribution in [0.5, 0.6) is 0 Å². The fourth-order valence-electron chi connectivity index (χ4n) is 21.1. The lowest BCUT2D eigenvalue weighted by Crippen LogP contribution is -2.22. The highest BCUT2D eigenvalue weighted by Gasteiger charge is 2.32. The number of benzene rings is 13. The zero-order valence-electron chi connectivity index (χ0n) is 79.8. The quantitative estimate of drug-likeness (QED) is 0.0622. The average molecular weight is 1750 g/mol. The highest BCUT2D eigenvalue weighted by atomic mass is 16.5. The van der Waals surface area contributed by atoms with Crippen LogP contribution in [0.2, 0.25) is 0 Å². The topological polar surface area (TPSA) is 83.1 Å². The van der Waals surface area contributed by atoms with Crippen LogP contribution in [-0.2, 0) is 100 Å². The second-order valence-corrected chi connectivity index (χ2v) is 35.5. The van der Waals surface area contributed by atoms with Gasteiger partial charge in [0.05, 0.1) is 44.7 Å². The number of hydrogen-bond acceptors (Lipinski definition) is 9. The van der Waals surface area contributed by atoms with Crippen LogP contribution in [0.25, 0.3) is 43.8 Å². The molecule has 0 bridgehead atoms. The molecule has 0 amide bonds. The minimum atomic E-state index is 0.123. The number of aryl methyl sites for hydroxylation is 5. The molecule has 9 nitrogen and oxygen atoms in total. The zero-order chi connectivity index (χ0) is 90.7. The third kappa shape index (κ3) is 25.5. The van der Waals surface area contributed by atoms with Gasteiger partial charge in [-0.2, -0.15) is 0 Å². The zero-order valence-corrected chi connectivity index (χ0v) is 79.8. The summed E-state index contributed by atoms with van der Waals surface area (Å²) in [7, 11) is 0. The summed E-state index contributed by atoms with van der Waals surface area (Å²) in [4.78, 5) is 0. The third-order valence-electron chi connectivity index (χ3n) is 27.3. The molecule has 0 saturated heterocycles. The van der Waals surface area contributed by atoms with Crippen LogP contribution in [0.15, 0.2) is 291 Å². The van der Waals surface area contributed by atoms with Gasteiger partial charge < -0.3 is 42.6 Å². The van der Waals surface area contributed by atoms with E-state index in [1.54, 1.807) is 5.56 Å². The van der Waals surface area contributed by atoms with Crippen LogP contribution >= 0.6 is 0 Å². The molecule has 13 aromatic rings. The molecular weight excluding hydrogens is 1610 g/mol. The summed E-state index contributed by atoms with van der Waals surface area (Å²) in [5.74, 6) is 2.99. The first-order chi connectivity index (χ1) is 64.7. The van der Waals surface area contributed by atoms with Crippen molar-refractivity contribution < 1.29 is 42.6 Å². The Morgan fingerprint density at radius 3 is 1.13 bits per heavy atom. The molecule has 0 radical (unpaired) electrons. The molecule has 9 aliphatic rings. The van der Waals surface area contributed by atoms with E-state index in [0.717, 1.165) is 118 Å². The summed E-state index contributed by atoms with van der Waals surface area (Å²) in [5, 5.41) is 5.59. The van der Waals surface area contributed by atoms with Gasteiger partial charge in [0.2, 0.25) is 0 Å². The van der Waals surface area contributed by atoms with Crippen molar-refractivity contribution in [3.05, 3.63) is 391 Å². The van der Waals surface area contributed by atoms with E-state index in [9.17, 15) is 0 Å². The van der Waals surface area contributed by atoms with Crippen molar-refractivity contribution in [1.82, 2.24) is 0 Å². The standard InChI is InChI=1S/C16H16O.C15H16O.C15H14O.C14H14O.2C13H18O.3C12H16O/c1-2-17-11-16-14-9-5-3-7-12(14)13-8-4-6-10-15(13)16;1-2-16-10-13-9-12-7-3-5-11-6-4-8-14(13)15(11)12;1-2-16-15-13-9-5-3-7-11(13)12-8-4-6-10-14(12)15;1-2-15-13-9-11-7-3-5-10-6-4-8-12(13)14(10)11;1-2-14-10-12-8-5-7-11-6-3-4-9-13(11)12;1-2-14-10-11-7-8-12-5-3-4-6-13(12)9-11;1-2-13-12-9-5-7-10-6-3-4-8-11(10)12;1-2-13-9-11-8-7-10-5-3-4-6-12(10)11;1-2-13-12-8-7-10-5-3-4-6-11(10)9-12/h3-10,16H,2,11H2,1H3;3-8,13H,2,9-10H2,1H3;3-10,15H,2H2,1H3;3-8,13H,2,9H2,1H3;3-4,6,9,12H,2,5,7-8,10H2,1H3;3-6,11H,2,7-10H2,1H3;3-4,6,8,12H,2,5,7,9H2,1H3;3-6,11H,2,7-9H2,1H3;3-6,12H,2,7-9H2,1H3. The summed E-state index contributed by atoms with van der Waals surface area (Å²) < 4.78 is 50.7. The molecule has 7 unspecified atom stereocenters. The Morgan fingerprint density at radius 1 is 0.221 bits per heavy atom. The van der Waals surface area contributed by atoms with Gasteiger partial charge in [0.25, 0.3) is 0 Å². The van der Waals surface area contributed by atoms with E-state index in [1.165, 1.54) is 222 Å². The monoisotopic (exact) mass is 1750 g/mol. The van der Waals surface area contributed by atoms with Crippen LogP contribution in [-0.4, -0.2) is 98.6 Å². The Hall–Kier alpha value is -9.98. The minimum Gasteiger partial charge on any atom is -0.381 e. The van der Waals surface area contributed by atoms with Gasteiger partial charge in [-0.3, -0.25) is 0 Å². The third-order valence-corrected chi connectivity index (χ3v) is 27.3. The van der Waals surface area contributed by atoms with Crippen molar-refractivity contribution in [2.45, 2.75) is 213 Å². The maximum Gasteiger partial charge on any atom is 0.109 e. The molecule has 131 heavy (non-hydrogen) atoms. The summed E-state index contributed by atoms with van der Waals surface area (Å²) in [5.41, 5.74) is 31.6. The molecule has 0 aromatic heterocycles. The second kappa shape index (κ2) is 51.3. The van der Waals surface area contributed by atoms with E-state index in [0.29, 0.717) is 35.9 Å². The lowest BCUT2D eigenvalue weighted by molar-refractivity contribution is 0.0500. The Bertz CT molecular complexity index is 5540. The van der Waals surface area contributed by atoms with Gasteiger partial charge in [-0.05, 0) is 308 Å². The number of rotatable bonds is 23. The van der Waals surface area contributed by atoms with Crippen LogP contribution in [0.3, 0.4) is 0 Å². The Morgan fingerprint density at radius 2 is 0.588 bits per heavy atom. The Kier molecular flexibility index (Phi) is 38.0. The molecule has 13 aromatic carbocycles. The fourth-order valence-corrected chi connectivity index (χ4v) is 21.1.